The summed E-state index contributed by atoms with van der Waals surface area (Å²) in [5.41, 5.74) is 6.50. The lowest BCUT2D eigenvalue weighted by Crippen LogP contribution is -2.28. The Morgan fingerprint density at radius 3 is 2.48 bits per heavy atom. The van der Waals surface area contributed by atoms with Gasteiger partial charge in [0.05, 0.1) is 12.0 Å². The molecule has 0 aromatic heterocycles. The molecule has 1 unspecified atom stereocenters. The number of hydrogen-bond acceptors (Lipinski definition) is 4. The highest BCUT2D eigenvalue weighted by molar-refractivity contribution is 7.89. The molecule has 1 saturated heterocycles. The third kappa shape index (κ3) is 3.38. The van der Waals surface area contributed by atoms with E-state index in [1.165, 1.54) is 28.6 Å². The van der Waals surface area contributed by atoms with E-state index in [4.69, 9.17) is 10.5 Å². The van der Waals surface area contributed by atoms with Gasteiger partial charge < -0.3 is 10.5 Å². The zero-order chi connectivity index (χ0) is 18.0. The molecule has 0 spiro atoms. The maximum Gasteiger partial charge on any atom is 0.248 e. The fourth-order valence-corrected chi connectivity index (χ4v) is 4.64. The molecule has 1 aliphatic rings. The summed E-state index contributed by atoms with van der Waals surface area (Å²) < 4.78 is 32.5. The minimum atomic E-state index is -3.60. The van der Waals surface area contributed by atoms with Crippen LogP contribution in [0.1, 0.15) is 28.3 Å². The van der Waals surface area contributed by atoms with Crippen LogP contribution in [-0.2, 0) is 10.0 Å². The summed E-state index contributed by atoms with van der Waals surface area (Å²) in [6.45, 7) is 0.850. The van der Waals surface area contributed by atoms with Crippen LogP contribution in [0.25, 0.3) is 0 Å². The number of hydrogen-bond donors (Lipinski definition) is 1. The van der Waals surface area contributed by atoms with Crippen LogP contribution in [0.15, 0.2) is 53.4 Å². The van der Waals surface area contributed by atoms with Gasteiger partial charge in [0.2, 0.25) is 15.9 Å². The number of amides is 1. The molecular weight excluding hydrogens is 340 g/mol. The third-order valence-electron chi connectivity index (χ3n) is 4.51. The van der Waals surface area contributed by atoms with E-state index in [2.05, 4.69) is 0 Å². The van der Waals surface area contributed by atoms with E-state index in [1.54, 1.807) is 7.11 Å². The van der Waals surface area contributed by atoms with Crippen molar-refractivity contribution in [3.05, 3.63) is 59.7 Å². The van der Waals surface area contributed by atoms with Crippen molar-refractivity contribution in [2.24, 2.45) is 5.73 Å². The van der Waals surface area contributed by atoms with Gasteiger partial charge in [0.1, 0.15) is 5.75 Å². The van der Waals surface area contributed by atoms with Gasteiger partial charge in [0.25, 0.3) is 0 Å². The fraction of sp³-hybridized carbons (Fsp3) is 0.278. The third-order valence-corrected chi connectivity index (χ3v) is 6.39. The van der Waals surface area contributed by atoms with Crippen molar-refractivity contribution in [3.8, 4) is 5.75 Å². The van der Waals surface area contributed by atoms with E-state index in [0.29, 0.717) is 13.1 Å². The van der Waals surface area contributed by atoms with Gasteiger partial charge in [0, 0.05) is 24.6 Å². The van der Waals surface area contributed by atoms with Gasteiger partial charge in [-0.3, -0.25) is 4.79 Å². The van der Waals surface area contributed by atoms with Crippen LogP contribution in [-0.4, -0.2) is 38.8 Å². The Morgan fingerprint density at radius 1 is 1.16 bits per heavy atom. The number of primary amides is 1. The number of methoxy groups -OCH3 is 1. The van der Waals surface area contributed by atoms with Crippen molar-refractivity contribution in [3.63, 3.8) is 0 Å². The molecule has 3 rings (SSSR count). The molecule has 6 nitrogen and oxygen atoms in total. The van der Waals surface area contributed by atoms with Gasteiger partial charge in [0.15, 0.2) is 0 Å². The summed E-state index contributed by atoms with van der Waals surface area (Å²) in [4.78, 5) is 11.3. The molecule has 0 radical (unpaired) electrons. The summed E-state index contributed by atoms with van der Waals surface area (Å²) in [6, 6.07) is 13.4. The van der Waals surface area contributed by atoms with Gasteiger partial charge in [-0.1, -0.05) is 18.2 Å². The molecule has 1 fully saturated rings. The van der Waals surface area contributed by atoms with Crippen LogP contribution in [0, 0.1) is 0 Å². The fourth-order valence-electron chi connectivity index (χ4n) is 3.14. The highest BCUT2D eigenvalue weighted by Crippen LogP contribution is 2.35. The first-order valence-corrected chi connectivity index (χ1v) is 9.40. The second-order valence-electron chi connectivity index (χ2n) is 5.98. The predicted molar refractivity (Wildman–Crippen MR) is 94.1 cm³/mol. The minimum absolute atomic E-state index is 0.0933. The first kappa shape index (κ1) is 17.4. The Kier molecular flexibility index (Phi) is 4.78. The molecule has 132 valence electrons. The monoisotopic (exact) mass is 360 g/mol. The number of nitrogens with two attached hydrogens (primary N) is 1. The number of para-hydroxylation sites is 1. The highest BCUT2D eigenvalue weighted by Gasteiger charge is 2.34. The van der Waals surface area contributed by atoms with E-state index < -0.39 is 15.9 Å². The Labute approximate surface area is 147 Å². The number of ether oxygens (including phenoxy) is 1. The van der Waals surface area contributed by atoms with E-state index in [9.17, 15) is 13.2 Å². The molecule has 1 atom stereocenters. The van der Waals surface area contributed by atoms with Crippen molar-refractivity contribution in [1.82, 2.24) is 4.31 Å². The SMILES string of the molecule is COc1ccccc1C1CCN(S(=O)(=O)c2ccc(C(N)=O)cc2)C1. The Balaban J connectivity index is 1.82. The van der Waals surface area contributed by atoms with E-state index in [-0.39, 0.29) is 16.4 Å². The zero-order valence-electron chi connectivity index (χ0n) is 13.9. The van der Waals surface area contributed by atoms with Gasteiger partial charge in [-0.2, -0.15) is 4.31 Å². The Morgan fingerprint density at radius 2 is 1.84 bits per heavy atom. The van der Waals surface area contributed by atoms with Crippen LogP contribution in [0.4, 0.5) is 0 Å². The molecule has 0 saturated carbocycles. The molecule has 2 aromatic rings. The number of rotatable bonds is 5. The molecular formula is C18H20N2O4S. The highest BCUT2D eigenvalue weighted by atomic mass is 32.2. The second kappa shape index (κ2) is 6.85. The zero-order valence-corrected chi connectivity index (χ0v) is 14.7. The van der Waals surface area contributed by atoms with E-state index in [1.807, 2.05) is 24.3 Å². The summed E-state index contributed by atoms with van der Waals surface area (Å²) in [6.07, 6.45) is 0.735. The lowest BCUT2D eigenvalue weighted by atomic mass is 9.97. The standard InChI is InChI=1S/C18H20N2O4S/c1-24-17-5-3-2-4-16(17)14-10-11-20(12-14)25(22,23)15-8-6-13(7-9-15)18(19)21/h2-9,14H,10-12H2,1H3,(H2,19,21). The molecule has 1 amide bonds. The van der Waals surface area contributed by atoms with Crippen molar-refractivity contribution in [2.75, 3.05) is 20.2 Å². The van der Waals surface area contributed by atoms with Crippen LogP contribution < -0.4 is 10.5 Å². The molecule has 1 aliphatic heterocycles. The molecule has 25 heavy (non-hydrogen) atoms. The molecule has 7 heteroatoms. The smallest absolute Gasteiger partial charge is 0.248 e. The minimum Gasteiger partial charge on any atom is -0.496 e. The maximum absolute atomic E-state index is 12.8. The second-order valence-corrected chi connectivity index (χ2v) is 7.92. The van der Waals surface area contributed by atoms with E-state index in [0.717, 1.165) is 17.7 Å². The first-order chi connectivity index (χ1) is 11.9. The summed E-state index contributed by atoms with van der Waals surface area (Å²) in [5, 5.41) is 0. The number of carbonyl (C=O) groups excluding carboxylic acids is 1. The number of carbonyl (C=O) groups is 1. The quantitative estimate of drug-likeness (QED) is 0.883. The van der Waals surface area contributed by atoms with E-state index >= 15 is 0 Å². The predicted octanol–water partition coefficient (Wildman–Crippen LogP) is 1.97. The topological polar surface area (TPSA) is 89.7 Å². The summed E-state index contributed by atoms with van der Waals surface area (Å²) in [5.74, 6) is 0.287. The van der Waals surface area contributed by atoms with Crippen LogP contribution in [0.3, 0.4) is 0 Å². The number of benzene rings is 2. The largest absolute Gasteiger partial charge is 0.496 e. The van der Waals surface area contributed by atoms with Crippen molar-refractivity contribution in [2.45, 2.75) is 17.2 Å². The maximum atomic E-state index is 12.8. The Hall–Kier alpha value is -2.38. The van der Waals surface area contributed by atoms with Gasteiger partial charge in [-0.25, -0.2) is 8.42 Å². The van der Waals surface area contributed by atoms with Gasteiger partial charge >= 0.3 is 0 Å². The van der Waals surface area contributed by atoms with Crippen LogP contribution >= 0.6 is 0 Å². The lowest BCUT2D eigenvalue weighted by molar-refractivity contribution is 0.1000. The summed E-state index contributed by atoms with van der Waals surface area (Å²) in [7, 11) is -1.99. The summed E-state index contributed by atoms with van der Waals surface area (Å²) >= 11 is 0. The molecule has 0 bridgehead atoms. The van der Waals surface area contributed by atoms with Crippen LogP contribution in [0.5, 0.6) is 5.75 Å². The van der Waals surface area contributed by atoms with Gasteiger partial charge in [-0.05, 0) is 42.3 Å². The normalized spacial score (nSPS) is 18.2. The number of nitrogens with zero attached hydrogens (tertiary/aromatic N) is 1. The average Bonchev–Trinajstić information content (AvgIpc) is 3.12. The van der Waals surface area contributed by atoms with Crippen molar-refractivity contribution < 1.29 is 17.9 Å². The first-order valence-electron chi connectivity index (χ1n) is 7.96. The lowest BCUT2D eigenvalue weighted by Gasteiger charge is -2.18. The van der Waals surface area contributed by atoms with Crippen LogP contribution in [0.2, 0.25) is 0 Å². The van der Waals surface area contributed by atoms with Crippen molar-refractivity contribution in [1.29, 1.82) is 0 Å². The molecule has 2 aromatic carbocycles. The van der Waals surface area contributed by atoms with Crippen molar-refractivity contribution >= 4 is 15.9 Å². The average molecular weight is 360 g/mol. The number of sulfonamides is 1. The van der Waals surface area contributed by atoms with Gasteiger partial charge in [-0.15, -0.1) is 0 Å². The molecule has 2 N–H and O–H groups in total. The molecule has 0 aliphatic carbocycles. The molecule has 1 heterocycles. The Bertz CT molecular complexity index is 878.